The number of aromatic hydroxyl groups is 2. The number of nitrogens with two attached hydrogens (primary N) is 2. The van der Waals surface area contributed by atoms with Crippen LogP contribution < -0.4 is 11.5 Å². The van der Waals surface area contributed by atoms with Crippen molar-refractivity contribution in [2.75, 3.05) is 0 Å². The van der Waals surface area contributed by atoms with Crippen molar-refractivity contribution in [2.45, 2.75) is 122 Å². The highest BCUT2D eigenvalue weighted by molar-refractivity contribution is 14.1. The highest BCUT2D eigenvalue weighted by Gasteiger charge is 2.63. The number of primary amides is 2. The summed E-state index contributed by atoms with van der Waals surface area (Å²) in [5.74, 6) is -12.3. The van der Waals surface area contributed by atoms with Gasteiger partial charge in [-0.25, -0.2) is 3.11 Å². The molecule has 28 radical (unpaired) electrons. The van der Waals surface area contributed by atoms with Gasteiger partial charge in [-0.1, -0.05) is 72.6 Å². The van der Waals surface area contributed by atoms with Gasteiger partial charge in [0.2, 0.25) is 23.4 Å². The first kappa shape index (κ1) is 107. The molecule has 124 heavy (non-hydrogen) atoms. The Morgan fingerprint density at radius 3 is 1.02 bits per heavy atom. The maximum atomic E-state index is 13.5. The molecule has 47 heteroatoms. The lowest BCUT2D eigenvalue weighted by Gasteiger charge is -2.48. The molecule has 6 aliphatic carbocycles. The van der Waals surface area contributed by atoms with E-state index in [1.54, 1.807) is 35.0 Å². The molecule has 1 saturated heterocycles. The average Bonchev–Trinajstić information content (AvgIpc) is 0.758. The molecule has 12 N–H and O–H groups in total. The Kier molecular flexibility index (Phi) is 40.2. The summed E-state index contributed by atoms with van der Waals surface area (Å²) in [6.45, 7) is 18.0. The third-order valence-electron chi connectivity index (χ3n) is 20.9. The monoisotopic (exact) mass is 1820 g/mol. The summed E-state index contributed by atoms with van der Waals surface area (Å²) < 4.78 is 1.95. The van der Waals surface area contributed by atoms with Gasteiger partial charge in [-0.05, 0) is 193 Å². The number of rotatable bonds is 13. The van der Waals surface area contributed by atoms with Crippen LogP contribution >= 0.6 is 45.5 Å². The number of aliphatic hydroxyl groups excluding tert-OH is 4. The fraction of sp³-hybridized carbons (Fsp3) is 0.299. The molecule has 1 aliphatic heterocycles. The van der Waals surface area contributed by atoms with Gasteiger partial charge in [-0.3, -0.25) is 38.4 Å². The number of halogens is 2. The van der Waals surface area contributed by atoms with Gasteiger partial charge in [-0.15, -0.1) is 0 Å². The van der Waals surface area contributed by atoms with E-state index in [0.29, 0.717) is 47.9 Å². The number of Topliss-reactive ketones (excluding diaryl/α,β-unsaturated/α-hetero) is 4. The molecule has 2 saturated carbocycles. The lowest BCUT2D eigenvalue weighted by molar-refractivity contribution is -0.148. The van der Waals surface area contributed by atoms with E-state index in [9.17, 15) is 79.2 Å². The van der Waals surface area contributed by atoms with Crippen molar-refractivity contribution in [1.82, 2.24) is 3.11 Å². The van der Waals surface area contributed by atoms with Crippen molar-refractivity contribution in [2.24, 2.45) is 35.1 Å². The van der Waals surface area contributed by atoms with Crippen LogP contribution in [0.5, 0.6) is 11.5 Å². The summed E-state index contributed by atoms with van der Waals surface area (Å²) in [5, 5.41) is 87.7. The zero-order valence-corrected chi connectivity index (χ0v) is 72.1. The van der Waals surface area contributed by atoms with Crippen LogP contribution in [0.1, 0.15) is 121 Å². The highest BCUT2D eigenvalue weighted by Crippen LogP contribution is 2.55. The van der Waals surface area contributed by atoms with Gasteiger partial charge in [0, 0.05) is 283 Å². The Balaban J connectivity index is 0.000000337. The lowest BCUT2D eigenvalue weighted by atomic mass is 8.34. The van der Waals surface area contributed by atoms with Crippen LogP contribution in [0.25, 0.3) is 11.5 Å². The molecular formula is C77H61B26I2N3O16. The zero-order valence-electron chi connectivity index (χ0n) is 67.8. The van der Waals surface area contributed by atoms with E-state index >= 15 is 0 Å². The molecule has 0 bridgehead atoms. The summed E-state index contributed by atoms with van der Waals surface area (Å²) in [6, 6.07) is 5.43. The molecule has 19 nitrogen and oxygen atoms in total. The van der Waals surface area contributed by atoms with Crippen molar-refractivity contribution in [3.8, 4) is 11.5 Å². The largest absolute Gasteiger partial charge is 0.508 e. The molecule has 9 rings (SSSR count). The van der Waals surface area contributed by atoms with Gasteiger partial charge >= 0.3 is 0 Å². The van der Waals surface area contributed by atoms with Crippen molar-refractivity contribution < 1.29 is 79.2 Å². The van der Waals surface area contributed by atoms with E-state index in [1.165, 1.54) is 0 Å². The number of carbonyl (C=O) groups is 8. The second-order valence-corrected chi connectivity index (χ2v) is 33.1. The number of aliphatic hydroxyl groups is 6. The predicted octanol–water partition coefficient (Wildman–Crippen LogP) is -0.207. The quantitative estimate of drug-likeness (QED) is 0.0310. The number of phenols is 2. The number of phenolic OH excluding ortho intramolecular Hbond substituents is 2. The Labute approximate surface area is 773 Å². The predicted molar refractivity (Wildman–Crippen MR) is 520 cm³/mol. The number of amides is 4. The highest BCUT2D eigenvalue weighted by atomic mass is 127. The second kappa shape index (κ2) is 46.6. The van der Waals surface area contributed by atoms with Crippen molar-refractivity contribution in [3.63, 3.8) is 0 Å². The van der Waals surface area contributed by atoms with E-state index in [1.807, 2.05) is 47.6 Å². The van der Waals surface area contributed by atoms with E-state index in [4.69, 9.17) is 120 Å². The van der Waals surface area contributed by atoms with Crippen LogP contribution in [0.4, 0.5) is 0 Å². The first-order valence-corrected chi connectivity index (χ1v) is 39.4. The first-order valence-electron chi connectivity index (χ1n) is 37.4. The third kappa shape index (κ3) is 25.2. The summed E-state index contributed by atoms with van der Waals surface area (Å²) in [6.07, 6.45) is -9.85. The smallest absolute Gasteiger partial charge is 0.255 e. The summed E-state index contributed by atoms with van der Waals surface area (Å²) in [7, 11) is 82.9. The lowest BCUT2D eigenvalue weighted by Crippen LogP contribution is -2.86. The molecule has 3 fully saturated rings. The Hall–Kier alpha value is -9.51. The van der Waals surface area contributed by atoms with Crippen molar-refractivity contribution >= 4 is 289 Å². The van der Waals surface area contributed by atoms with E-state index in [0.717, 1.165) is 6.68 Å². The van der Waals surface area contributed by atoms with Gasteiger partial charge in [0.15, 0.2) is 22.8 Å². The molecule has 2 aromatic rings. The minimum Gasteiger partial charge on any atom is -0.508 e. The molecule has 2 aromatic carbocycles. The van der Waals surface area contributed by atoms with E-state index in [2.05, 4.69) is 173 Å². The van der Waals surface area contributed by atoms with E-state index in [-0.39, 0.29) is 78.7 Å². The van der Waals surface area contributed by atoms with Crippen LogP contribution in [-0.2, 0) is 62.0 Å². The van der Waals surface area contributed by atoms with Crippen LogP contribution in [0.3, 0.4) is 0 Å². The van der Waals surface area contributed by atoms with Gasteiger partial charge in [0.05, 0.1) is 34.0 Å². The standard InChI is InChI=1S/C26H4.C23H24INO7.C23H25NO7.C4H4INO2.CH4.B26/c1-3-5-7-9-11-13-15-17-19-21-23-25-26-24-22-20-18-16-14-12-10-8-6-4-2;1-22(2,3)11-7-12(24)10-5-8-4-9-6-13(26)16(21(25)31)20(30)23(9,32)19(29)14(8)18(28)15(10)17(11)27;1-22(2,3)12-5-4-9-6-10-7-11-8-13(25)16(21(24)30)20(29)23(11,31)19(28)15(10)18(27)14(9)17(12)26;5-6-3(7)1-2-4(6)8;;1-15(2)22(16(3)4)25(21(13)14)26(23(17(5)6)18(7)8)24(19(9)10)20(11)12/h1-2H2;7-9,27-28,30,32H,4-6H2,1-3H3,(H2,25,31);4-5,10-11,26-27,29,31H,6-8H2,1-3H3,(H2,24,30);1-2H2;1H4;/t;8-,9+,23+;10-,11-,23-;;;/m.10.../s1. The second-order valence-electron chi connectivity index (χ2n) is 31.0. The van der Waals surface area contributed by atoms with Crippen molar-refractivity contribution in [3.05, 3.63) is 240 Å². The number of imide groups is 1. The Bertz CT molecular complexity index is 5680. The molecule has 0 aromatic heterocycles. The molecule has 6 atom stereocenters. The normalized spacial score (nSPS) is 18.3. The maximum Gasteiger partial charge on any atom is 0.255 e. The van der Waals surface area contributed by atoms with Gasteiger partial charge in [0.1, 0.15) is 45.7 Å². The first-order chi connectivity index (χ1) is 57.4. The number of carbonyl (C=O) groups excluding carboxylic acids is 8. The van der Waals surface area contributed by atoms with Crippen LogP contribution in [0, 0.1) is 27.2 Å². The fourth-order valence-electron chi connectivity index (χ4n) is 15.5. The SMILES string of the molecule is C.C=C=C=C=C=C=C=C=C=C=C=C=C=C=C=C=C=C=C=C=C=C=C=C=C=C.CC(C)(C)c1cc(I)c2c(c1O)C(O)=C1C(=O)[C@]3(O)C(O)=C(C(N)=O)C(=O)C[C@@H]3C[C@@H]1C2.CC(C)(C)c1ccc2c(c1O)C(O)=C1C(=O)[C@]3(O)C(O)=C(C(N)=O)C(=O)C[C@@H]3C[C@@H]1C2.O=C1CCC(=O)N1I.[B]B([B])B(B([B])[B])B(B([B])[B])B(B(B([B])[B])B([B])[B])B(B([B])[B])B([B])[B]. The average molecular weight is 1820 g/mol. The summed E-state index contributed by atoms with van der Waals surface area (Å²) in [5.41, 5.74) is 64.7. The molecule has 4 amide bonds. The molecule has 1 heterocycles. The number of nitrogens with zero attached hydrogens (tertiary/aromatic N) is 1. The summed E-state index contributed by atoms with van der Waals surface area (Å²) >= 11 is 3.85. The maximum absolute atomic E-state index is 13.5. The fourth-order valence-corrected chi connectivity index (χ4v) is 16.8. The topological polar surface area (TPSA) is 354 Å². The van der Waals surface area contributed by atoms with E-state index < -0.39 is 191 Å². The Morgan fingerprint density at radius 2 is 0.742 bits per heavy atom. The van der Waals surface area contributed by atoms with Gasteiger partial charge in [0.25, 0.3) is 11.8 Å². The van der Waals surface area contributed by atoms with Gasteiger partial charge < -0.3 is 52.3 Å². The number of benzene rings is 2. The van der Waals surface area contributed by atoms with Gasteiger partial charge in [-0.2, -0.15) is 0 Å². The molecule has 7 aliphatic rings. The molecular weight excluding hydrogens is 1760 g/mol. The minimum absolute atomic E-state index is 0. The zero-order chi connectivity index (χ0) is 93.0. The minimum atomic E-state index is -2.54. The number of ketones is 4. The van der Waals surface area contributed by atoms with Crippen LogP contribution in [0.2, 0.25) is 0 Å². The molecule has 0 spiro atoms. The van der Waals surface area contributed by atoms with Crippen molar-refractivity contribution in [1.29, 1.82) is 0 Å². The van der Waals surface area contributed by atoms with Crippen LogP contribution in [-0.4, -0.2) is 287 Å². The van der Waals surface area contributed by atoms with Crippen LogP contribution in [0.15, 0.2) is 203 Å². The number of hydrogen-bond acceptors (Lipinski definition) is 16. The Morgan fingerprint density at radius 1 is 0.452 bits per heavy atom. The molecule has 0 unspecified atom stereocenters. The molecule has 572 valence electrons. The number of hydrogen-bond donors (Lipinski definition) is 10. The third-order valence-corrected chi connectivity index (χ3v) is 23.0. The summed E-state index contributed by atoms with van der Waals surface area (Å²) in [4.78, 5) is 95.9. The number of fused-ring (bicyclic) bond motifs is 6.